The van der Waals surface area contributed by atoms with Crippen LogP contribution in [0.5, 0.6) is 0 Å². The molecule has 6 nitrogen and oxygen atoms in total. The largest absolute Gasteiger partial charge is 0.336 e. The molecule has 0 radical (unpaired) electrons. The lowest BCUT2D eigenvalue weighted by Crippen LogP contribution is -2.10. The van der Waals surface area contributed by atoms with Gasteiger partial charge in [-0.3, -0.25) is 4.68 Å². The van der Waals surface area contributed by atoms with E-state index in [1.807, 2.05) is 0 Å². The first-order valence-electron chi connectivity index (χ1n) is 5.26. The molecule has 2 aromatic rings. The van der Waals surface area contributed by atoms with Gasteiger partial charge in [-0.2, -0.15) is 13.5 Å². The van der Waals surface area contributed by atoms with Gasteiger partial charge in [-0.15, -0.1) is 4.40 Å². The standard InChI is InChI=1S/C11H10N4O2S/c1-15-7-8(6-12-15)13-11-9-4-2-3-5-10(9)18(16,17)14-11/h2-7H,1H3,(H,13,14). The maximum absolute atomic E-state index is 11.8. The molecule has 0 spiro atoms. The molecule has 1 aliphatic heterocycles. The Labute approximate surface area is 104 Å². The van der Waals surface area contributed by atoms with Crippen molar-refractivity contribution in [3.63, 3.8) is 0 Å². The number of nitrogens with zero attached hydrogens (tertiary/aromatic N) is 3. The van der Waals surface area contributed by atoms with Crippen LogP contribution in [-0.4, -0.2) is 24.0 Å². The number of aromatic nitrogens is 2. The van der Waals surface area contributed by atoms with Gasteiger partial charge in [0.2, 0.25) is 0 Å². The van der Waals surface area contributed by atoms with E-state index in [1.165, 1.54) is 0 Å². The average molecular weight is 262 g/mol. The van der Waals surface area contributed by atoms with E-state index >= 15 is 0 Å². The van der Waals surface area contributed by atoms with Gasteiger partial charge < -0.3 is 5.32 Å². The Bertz CT molecular complexity index is 746. The Kier molecular flexibility index (Phi) is 2.24. The van der Waals surface area contributed by atoms with Crippen molar-refractivity contribution in [1.29, 1.82) is 0 Å². The van der Waals surface area contributed by atoms with Crippen molar-refractivity contribution < 1.29 is 8.42 Å². The summed E-state index contributed by atoms with van der Waals surface area (Å²) in [5.74, 6) is 0.332. The lowest BCUT2D eigenvalue weighted by molar-refractivity contribution is 0.599. The average Bonchev–Trinajstić information content (AvgIpc) is 2.83. The molecule has 7 heteroatoms. The summed E-state index contributed by atoms with van der Waals surface area (Å²) in [6, 6.07) is 6.73. The molecule has 0 bridgehead atoms. The van der Waals surface area contributed by atoms with E-state index < -0.39 is 10.0 Å². The van der Waals surface area contributed by atoms with Gasteiger partial charge in [-0.1, -0.05) is 12.1 Å². The predicted molar refractivity (Wildman–Crippen MR) is 67.0 cm³/mol. The quantitative estimate of drug-likeness (QED) is 0.831. The van der Waals surface area contributed by atoms with Crippen LogP contribution in [0.25, 0.3) is 0 Å². The number of amidine groups is 1. The minimum atomic E-state index is -3.57. The Morgan fingerprint density at radius 2 is 2.06 bits per heavy atom. The number of anilines is 1. The van der Waals surface area contributed by atoms with Crippen LogP contribution in [0, 0.1) is 0 Å². The molecule has 1 aliphatic rings. The van der Waals surface area contributed by atoms with E-state index in [0.29, 0.717) is 17.1 Å². The van der Waals surface area contributed by atoms with Crippen molar-refractivity contribution in [1.82, 2.24) is 9.78 Å². The van der Waals surface area contributed by atoms with Crippen LogP contribution in [0.3, 0.4) is 0 Å². The van der Waals surface area contributed by atoms with Crippen molar-refractivity contribution in [3.05, 3.63) is 42.2 Å². The lowest BCUT2D eigenvalue weighted by atomic mass is 10.2. The third kappa shape index (κ3) is 1.68. The fourth-order valence-corrected chi connectivity index (χ4v) is 2.99. The van der Waals surface area contributed by atoms with Crippen LogP contribution >= 0.6 is 0 Å². The molecule has 1 N–H and O–H groups in total. The van der Waals surface area contributed by atoms with E-state index in [1.54, 1.807) is 48.4 Å². The topological polar surface area (TPSA) is 76.3 Å². The summed E-state index contributed by atoms with van der Waals surface area (Å²) in [5, 5.41) is 6.96. The molecular weight excluding hydrogens is 252 g/mol. The zero-order chi connectivity index (χ0) is 12.8. The molecule has 1 aromatic heterocycles. The molecule has 0 unspecified atom stereocenters. The predicted octanol–water partition coefficient (Wildman–Crippen LogP) is 0.981. The Hall–Kier alpha value is -2.15. The lowest BCUT2D eigenvalue weighted by Gasteiger charge is -2.02. The first-order chi connectivity index (χ1) is 8.56. The zero-order valence-electron chi connectivity index (χ0n) is 9.53. The maximum Gasteiger partial charge on any atom is 0.285 e. The van der Waals surface area contributed by atoms with Gasteiger partial charge in [0.1, 0.15) is 4.90 Å². The van der Waals surface area contributed by atoms with Gasteiger partial charge >= 0.3 is 0 Å². The van der Waals surface area contributed by atoms with Crippen LogP contribution < -0.4 is 5.32 Å². The molecule has 0 saturated carbocycles. The fourth-order valence-electron chi connectivity index (χ4n) is 1.82. The number of sulfonamides is 1. The maximum atomic E-state index is 11.8. The van der Waals surface area contributed by atoms with Crippen molar-refractivity contribution in [3.8, 4) is 0 Å². The van der Waals surface area contributed by atoms with E-state index in [-0.39, 0.29) is 4.90 Å². The van der Waals surface area contributed by atoms with Crippen LogP contribution in [-0.2, 0) is 17.1 Å². The van der Waals surface area contributed by atoms with E-state index in [9.17, 15) is 8.42 Å². The summed E-state index contributed by atoms with van der Waals surface area (Å²) in [6.07, 6.45) is 3.35. The van der Waals surface area contributed by atoms with E-state index in [4.69, 9.17) is 0 Å². The number of hydrogen-bond acceptors (Lipinski definition) is 4. The molecule has 2 heterocycles. The highest BCUT2D eigenvalue weighted by atomic mass is 32.2. The highest BCUT2D eigenvalue weighted by molar-refractivity contribution is 7.90. The summed E-state index contributed by atoms with van der Waals surface area (Å²) in [6.45, 7) is 0. The van der Waals surface area contributed by atoms with Crippen molar-refractivity contribution in [2.75, 3.05) is 5.32 Å². The smallest absolute Gasteiger partial charge is 0.285 e. The first-order valence-corrected chi connectivity index (χ1v) is 6.70. The van der Waals surface area contributed by atoms with Gasteiger partial charge in [0.25, 0.3) is 10.0 Å². The van der Waals surface area contributed by atoms with Gasteiger partial charge in [-0.25, -0.2) is 0 Å². The molecule has 18 heavy (non-hydrogen) atoms. The summed E-state index contributed by atoms with van der Waals surface area (Å²) in [5.41, 5.74) is 1.28. The minimum absolute atomic E-state index is 0.233. The number of hydrogen-bond donors (Lipinski definition) is 1. The molecule has 0 fully saturated rings. The molecule has 0 atom stereocenters. The van der Waals surface area contributed by atoms with Crippen LogP contribution in [0.1, 0.15) is 5.56 Å². The van der Waals surface area contributed by atoms with Crippen molar-refractivity contribution >= 4 is 21.5 Å². The number of benzene rings is 1. The second kappa shape index (κ2) is 3.67. The highest BCUT2D eigenvalue weighted by Gasteiger charge is 2.28. The SMILES string of the molecule is Cn1cc(NC2=NS(=O)(=O)c3ccccc32)cn1. The summed E-state index contributed by atoms with van der Waals surface area (Å²) in [4.78, 5) is 0.233. The van der Waals surface area contributed by atoms with Gasteiger partial charge in [-0.05, 0) is 12.1 Å². The summed E-state index contributed by atoms with van der Waals surface area (Å²) < 4.78 is 29.0. The number of rotatable bonds is 1. The normalized spacial score (nSPS) is 16.2. The zero-order valence-corrected chi connectivity index (χ0v) is 10.3. The van der Waals surface area contributed by atoms with E-state index in [0.717, 1.165) is 0 Å². The highest BCUT2D eigenvalue weighted by Crippen LogP contribution is 2.26. The monoisotopic (exact) mass is 262 g/mol. The molecule has 0 amide bonds. The Morgan fingerprint density at radius 1 is 1.28 bits per heavy atom. The third-order valence-corrected chi connectivity index (χ3v) is 3.93. The number of fused-ring (bicyclic) bond motifs is 1. The molecule has 3 rings (SSSR count). The Balaban J connectivity index is 2.04. The second-order valence-corrected chi connectivity index (χ2v) is 5.51. The van der Waals surface area contributed by atoms with Crippen LogP contribution in [0.2, 0.25) is 0 Å². The van der Waals surface area contributed by atoms with Gasteiger partial charge in [0.15, 0.2) is 5.84 Å². The minimum Gasteiger partial charge on any atom is -0.336 e. The third-order valence-electron chi connectivity index (χ3n) is 2.60. The number of nitrogens with one attached hydrogen (secondary N) is 1. The number of aryl methyl sites for hydroxylation is 1. The fraction of sp³-hybridized carbons (Fsp3) is 0.0909. The summed E-state index contributed by atoms with van der Waals surface area (Å²) >= 11 is 0. The molecule has 0 aliphatic carbocycles. The van der Waals surface area contributed by atoms with E-state index in [2.05, 4.69) is 14.8 Å². The molecule has 92 valence electrons. The Morgan fingerprint density at radius 3 is 2.78 bits per heavy atom. The molecule has 1 aromatic carbocycles. The van der Waals surface area contributed by atoms with Gasteiger partial charge in [0, 0.05) is 18.8 Å². The van der Waals surface area contributed by atoms with Crippen molar-refractivity contribution in [2.45, 2.75) is 4.90 Å². The van der Waals surface area contributed by atoms with Crippen molar-refractivity contribution in [2.24, 2.45) is 11.4 Å². The molecular formula is C11H10N4O2S. The van der Waals surface area contributed by atoms with Gasteiger partial charge in [0.05, 0.1) is 11.9 Å². The van der Waals surface area contributed by atoms with Crippen LogP contribution in [0.4, 0.5) is 5.69 Å². The summed E-state index contributed by atoms with van der Waals surface area (Å²) in [7, 11) is -1.79. The van der Waals surface area contributed by atoms with Crippen LogP contribution in [0.15, 0.2) is 46.0 Å². The second-order valence-electron chi connectivity index (χ2n) is 3.94. The first kappa shape index (κ1) is 11.0. The molecule has 0 saturated heterocycles.